The number of Topliss-reactive ketones (excluding diaryl/α,β-unsaturated/α-hetero) is 1. The standard InChI is InChI=1S/C12H14OS/c1-3-9-14-11-7-5-10(6-8-11)12(13)4-2/h3,5-8H,1,4,9H2,2H3. The highest BCUT2D eigenvalue weighted by atomic mass is 32.2. The molecule has 0 aliphatic carbocycles. The number of carbonyl (C=O) groups is 1. The minimum Gasteiger partial charge on any atom is -0.294 e. The summed E-state index contributed by atoms with van der Waals surface area (Å²) in [5, 5.41) is 0. The van der Waals surface area contributed by atoms with Gasteiger partial charge in [-0.25, -0.2) is 0 Å². The van der Waals surface area contributed by atoms with Crippen LogP contribution in [0.3, 0.4) is 0 Å². The lowest BCUT2D eigenvalue weighted by atomic mass is 10.1. The monoisotopic (exact) mass is 206 g/mol. The van der Waals surface area contributed by atoms with E-state index in [9.17, 15) is 4.79 Å². The van der Waals surface area contributed by atoms with Crippen LogP contribution in [-0.4, -0.2) is 11.5 Å². The Morgan fingerprint density at radius 2 is 2.07 bits per heavy atom. The maximum Gasteiger partial charge on any atom is 0.162 e. The molecule has 0 aliphatic rings. The molecule has 0 saturated carbocycles. The lowest BCUT2D eigenvalue weighted by molar-refractivity contribution is 0.0988. The van der Waals surface area contributed by atoms with E-state index in [0.717, 1.165) is 11.3 Å². The summed E-state index contributed by atoms with van der Waals surface area (Å²) >= 11 is 1.72. The maximum atomic E-state index is 11.3. The van der Waals surface area contributed by atoms with Gasteiger partial charge in [0, 0.05) is 22.6 Å². The van der Waals surface area contributed by atoms with Crippen molar-refractivity contribution < 1.29 is 4.79 Å². The lowest BCUT2D eigenvalue weighted by Gasteiger charge is -2.00. The summed E-state index contributed by atoms with van der Waals surface area (Å²) in [6.45, 7) is 5.54. The van der Waals surface area contributed by atoms with Crippen molar-refractivity contribution in [3.63, 3.8) is 0 Å². The fourth-order valence-corrected chi connectivity index (χ4v) is 1.74. The zero-order valence-electron chi connectivity index (χ0n) is 8.32. The molecule has 0 aromatic heterocycles. The number of hydrogen-bond donors (Lipinski definition) is 0. The van der Waals surface area contributed by atoms with E-state index in [1.165, 1.54) is 4.90 Å². The zero-order valence-corrected chi connectivity index (χ0v) is 9.14. The molecule has 0 unspecified atom stereocenters. The van der Waals surface area contributed by atoms with Crippen LogP contribution in [0.4, 0.5) is 0 Å². The second-order valence-corrected chi connectivity index (χ2v) is 3.99. The van der Waals surface area contributed by atoms with Crippen LogP contribution in [0.2, 0.25) is 0 Å². The molecule has 0 spiro atoms. The van der Waals surface area contributed by atoms with E-state index in [-0.39, 0.29) is 5.78 Å². The van der Waals surface area contributed by atoms with E-state index in [1.54, 1.807) is 11.8 Å². The molecule has 1 nitrogen and oxygen atoms in total. The van der Waals surface area contributed by atoms with Crippen molar-refractivity contribution in [2.75, 3.05) is 5.75 Å². The predicted octanol–water partition coefficient (Wildman–Crippen LogP) is 3.56. The summed E-state index contributed by atoms with van der Waals surface area (Å²) in [7, 11) is 0. The number of ketones is 1. The Hall–Kier alpha value is -1.02. The first kappa shape index (κ1) is 11.1. The van der Waals surface area contributed by atoms with Gasteiger partial charge in [-0.2, -0.15) is 0 Å². The molecule has 0 heterocycles. The van der Waals surface area contributed by atoms with E-state index in [0.29, 0.717) is 6.42 Å². The van der Waals surface area contributed by atoms with Crippen molar-refractivity contribution >= 4 is 17.5 Å². The van der Waals surface area contributed by atoms with E-state index < -0.39 is 0 Å². The first-order valence-corrected chi connectivity index (χ1v) is 5.63. The van der Waals surface area contributed by atoms with Gasteiger partial charge in [-0.15, -0.1) is 18.3 Å². The Morgan fingerprint density at radius 3 is 2.57 bits per heavy atom. The molecule has 0 amide bonds. The average molecular weight is 206 g/mol. The number of thioether (sulfide) groups is 1. The van der Waals surface area contributed by atoms with Crippen molar-refractivity contribution in [3.8, 4) is 0 Å². The zero-order chi connectivity index (χ0) is 10.4. The maximum absolute atomic E-state index is 11.3. The largest absolute Gasteiger partial charge is 0.294 e. The molecule has 1 aromatic carbocycles. The van der Waals surface area contributed by atoms with E-state index in [1.807, 2.05) is 37.3 Å². The minimum absolute atomic E-state index is 0.199. The lowest BCUT2D eigenvalue weighted by Crippen LogP contribution is -1.95. The molecular formula is C12H14OS. The van der Waals surface area contributed by atoms with Crippen LogP contribution < -0.4 is 0 Å². The van der Waals surface area contributed by atoms with Crippen molar-refractivity contribution in [2.45, 2.75) is 18.2 Å². The summed E-state index contributed by atoms with van der Waals surface area (Å²) < 4.78 is 0. The van der Waals surface area contributed by atoms with Gasteiger partial charge in [0.1, 0.15) is 0 Å². The van der Waals surface area contributed by atoms with Crippen LogP contribution in [0.15, 0.2) is 41.8 Å². The van der Waals surface area contributed by atoms with E-state index in [4.69, 9.17) is 0 Å². The van der Waals surface area contributed by atoms with Gasteiger partial charge in [0.2, 0.25) is 0 Å². The highest BCUT2D eigenvalue weighted by molar-refractivity contribution is 7.99. The Bertz CT molecular complexity index is 314. The summed E-state index contributed by atoms with van der Waals surface area (Å²) in [5.41, 5.74) is 0.801. The molecule has 1 rings (SSSR count). The summed E-state index contributed by atoms with van der Waals surface area (Å²) in [4.78, 5) is 12.5. The van der Waals surface area contributed by atoms with Crippen molar-refractivity contribution in [1.82, 2.24) is 0 Å². The van der Waals surface area contributed by atoms with Crippen LogP contribution in [0.25, 0.3) is 0 Å². The van der Waals surface area contributed by atoms with Gasteiger partial charge < -0.3 is 0 Å². The summed E-state index contributed by atoms with van der Waals surface area (Å²) in [6.07, 6.45) is 2.44. The van der Waals surface area contributed by atoms with E-state index >= 15 is 0 Å². The van der Waals surface area contributed by atoms with Crippen molar-refractivity contribution in [1.29, 1.82) is 0 Å². The van der Waals surface area contributed by atoms with Crippen molar-refractivity contribution in [3.05, 3.63) is 42.5 Å². The Morgan fingerprint density at radius 1 is 1.43 bits per heavy atom. The molecule has 0 saturated heterocycles. The SMILES string of the molecule is C=CCSc1ccc(C(=O)CC)cc1. The second-order valence-electron chi connectivity index (χ2n) is 2.90. The molecule has 74 valence electrons. The molecule has 0 N–H and O–H groups in total. The molecule has 2 heteroatoms. The van der Waals surface area contributed by atoms with Gasteiger partial charge in [-0.3, -0.25) is 4.79 Å². The first-order valence-electron chi connectivity index (χ1n) is 4.65. The first-order chi connectivity index (χ1) is 6.77. The van der Waals surface area contributed by atoms with Gasteiger partial charge >= 0.3 is 0 Å². The van der Waals surface area contributed by atoms with E-state index in [2.05, 4.69) is 6.58 Å². The summed E-state index contributed by atoms with van der Waals surface area (Å²) in [5.74, 6) is 1.10. The third-order valence-corrected chi connectivity index (χ3v) is 2.87. The van der Waals surface area contributed by atoms with Crippen LogP contribution in [0.5, 0.6) is 0 Å². The molecule has 0 fully saturated rings. The quantitative estimate of drug-likeness (QED) is 0.416. The highest BCUT2D eigenvalue weighted by Gasteiger charge is 2.01. The number of hydrogen-bond acceptors (Lipinski definition) is 2. The molecular weight excluding hydrogens is 192 g/mol. The predicted molar refractivity (Wildman–Crippen MR) is 62.0 cm³/mol. The highest BCUT2D eigenvalue weighted by Crippen LogP contribution is 2.18. The Balaban J connectivity index is 2.68. The number of rotatable bonds is 5. The number of benzene rings is 1. The molecule has 0 aliphatic heterocycles. The third-order valence-electron chi connectivity index (χ3n) is 1.87. The Kier molecular flexibility index (Phi) is 4.47. The van der Waals surface area contributed by atoms with Gasteiger partial charge in [0.15, 0.2) is 5.78 Å². The van der Waals surface area contributed by atoms with Gasteiger partial charge in [0.25, 0.3) is 0 Å². The molecule has 0 atom stereocenters. The van der Waals surface area contributed by atoms with Gasteiger partial charge in [-0.1, -0.05) is 25.1 Å². The Labute approximate surface area is 89.2 Å². The molecule has 0 bridgehead atoms. The van der Waals surface area contributed by atoms with Gasteiger partial charge in [0.05, 0.1) is 0 Å². The van der Waals surface area contributed by atoms with Crippen LogP contribution in [0, 0.1) is 0 Å². The normalized spacial score (nSPS) is 9.79. The molecule has 0 radical (unpaired) electrons. The number of carbonyl (C=O) groups excluding carboxylic acids is 1. The molecule has 14 heavy (non-hydrogen) atoms. The van der Waals surface area contributed by atoms with Gasteiger partial charge in [-0.05, 0) is 12.1 Å². The topological polar surface area (TPSA) is 17.1 Å². The van der Waals surface area contributed by atoms with Crippen LogP contribution >= 0.6 is 11.8 Å². The average Bonchev–Trinajstić information content (AvgIpc) is 2.26. The van der Waals surface area contributed by atoms with Crippen LogP contribution in [0.1, 0.15) is 23.7 Å². The fourth-order valence-electron chi connectivity index (χ4n) is 1.10. The molecule has 1 aromatic rings. The fraction of sp³-hybridized carbons (Fsp3) is 0.250. The van der Waals surface area contributed by atoms with Crippen molar-refractivity contribution in [2.24, 2.45) is 0 Å². The minimum atomic E-state index is 0.199. The smallest absolute Gasteiger partial charge is 0.162 e. The summed E-state index contributed by atoms with van der Waals surface area (Å²) in [6, 6.07) is 7.74. The third kappa shape index (κ3) is 3.04. The second kappa shape index (κ2) is 5.66. The van der Waals surface area contributed by atoms with Crippen LogP contribution in [-0.2, 0) is 0 Å².